The van der Waals surface area contributed by atoms with Crippen LogP contribution in [0.25, 0.3) is 10.8 Å². The summed E-state index contributed by atoms with van der Waals surface area (Å²) in [6, 6.07) is 19.3. The second kappa shape index (κ2) is 6.88. The molecule has 5 nitrogen and oxygen atoms in total. The van der Waals surface area contributed by atoms with Crippen LogP contribution in [0.4, 0.5) is 5.69 Å². The lowest BCUT2D eigenvalue weighted by Crippen LogP contribution is -2.11. The first kappa shape index (κ1) is 16.9. The molecule has 0 radical (unpaired) electrons. The molecule has 3 rings (SSSR count). The molecule has 0 amide bonds. The number of fused-ring (bicyclic) bond motifs is 1. The van der Waals surface area contributed by atoms with Gasteiger partial charge in [0.2, 0.25) is 10.0 Å². The van der Waals surface area contributed by atoms with Crippen LogP contribution in [0.3, 0.4) is 0 Å². The van der Waals surface area contributed by atoms with Gasteiger partial charge in [-0.25, -0.2) is 13.6 Å². The van der Waals surface area contributed by atoms with Gasteiger partial charge in [-0.3, -0.25) is 4.79 Å². The molecule has 3 aromatic carbocycles. The molecule has 0 fully saturated rings. The van der Waals surface area contributed by atoms with Crippen LogP contribution in [0.1, 0.15) is 10.4 Å². The van der Waals surface area contributed by atoms with Gasteiger partial charge in [0.05, 0.1) is 4.90 Å². The molecule has 0 aromatic heterocycles. The zero-order valence-corrected chi connectivity index (χ0v) is 14.0. The summed E-state index contributed by atoms with van der Waals surface area (Å²) < 4.78 is 22.4. The van der Waals surface area contributed by atoms with Crippen molar-refractivity contribution in [2.75, 3.05) is 5.32 Å². The predicted molar refractivity (Wildman–Crippen MR) is 98.9 cm³/mol. The highest BCUT2D eigenvalue weighted by atomic mass is 32.2. The largest absolute Gasteiger partial charge is 0.362 e. The average Bonchev–Trinajstić information content (AvgIpc) is 2.61. The van der Waals surface area contributed by atoms with E-state index < -0.39 is 10.0 Å². The van der Waals surface area contributed by atoms with E-state index in [0.29, 0.717) is 11.3 Å². The van der Waals surface area contributed by atoms with Crippen molar-refractivity contribution in [1.82, 2.24) is 0 Å². The van der Waals surface area contributed by atoms with Crippen molar-refractivity contribution in [3.8, 4) is 0 Å². The highest BCUT2D eigenvalue weighted by Crippen LogP contribution is 2.16. The number of primary sulfonamides is 1. The molecule has 6 heteroatoms. The smallest absolute Gasteiger partial charge is 0.238 e. The molecule has 0 heterocycles. The minimum Gasteiger partial charge on any atom is -0.362 e. The third-order valence-corrected chi connectivity index (χ3v) is 4.63. The summed E-state index contributed by atoms with van der Waals surface area (Å²) in [4.78, 5) is 12.3. The SMILES string of the molecule is NS(=O)(=O)c1ccc(N/C=C/C(=O)c2ccc3ccccc3c2)cc1. The van der Waals surface area contributed by atoms with E-state index in [9.17, 15) is 13.2 Å². The average molecular weight is 352 g/mol. The van der Waals surface area contributed by atoms with Gasteiger partial charge in [0.15, 0.2) is 5.78 Å². The Balaban J connectivity index is 1.69. The fourth-order valence-electron chi connectivity index (χ4n) is 2.39. The lowest BCUT2D eigenvalue weighted by atomic mass is 10.0. The number of allylic oxidation sites excluding steroid dienone is 1. The van der Waals surface area contributed by atoms with Crippen LogP contribution in [0.5, 0.6) is 0 Å². The fraction of sp³-hybridized carbons (Fsp3) is 0. The maximum Gasteiger partial charge on any atom is 0.238 e. The van der Waals surface area contributed by atoms with Crippen LogP contribution in [0.2, 0.25) is 0 Å². The van der Waals surface area contributed by atoms with E-state index in [1.165, 1.54) is 24.4 Å². The highest BCUT2D eigenvalue weighted by Gasteiger charge is 2.06. The number of carbonyl (C=O) groups excluding carboxylic acids is 1. The van der Waals surface area contributed by atoms with Gasteiger partial charge in [0.25, 0.3) is 0 Å². The Bertz CT molecular complexity index is 1060. The molecule has 0 bridgehead atoms. The summed E-state index contributed by atoms with van der Waals surface area (Å²) in [5.41, 5.74) is 1.25. The van der Waals surface area contributed by atoms with Gasteiger partial charge in [0, 0.05) is 23.5 Å². The van der Waals surface area contributed by atoms with Crippen molar-refractivity contribution in [3.63, 3.8) is 0 Å². The lowest BCUT2D eigenvalue weighted by molar-refractivity contribution is 0.104. The molecule has 126 valence electrons. The van der Waals surface area contributed by atoms with Crippen molar-refractivity contribution in [2.24, 2.45) is 5.14 Å². The highest BCUT2D eigenvalue weighted by molar-refractivity contribution is 7.89. The Hall–Kier alpha value is -2.96. The van der Waals surface area contributed by atoms with Crippen LogP contribution < -0.4 is 10.5 Å². The zero-order chi connectivity index (χ0) is 17.9. The van der Waals surface area contributed by atoms with E-state index in [0.717, 1.165) is 10.8 Å². The number of carbonyl (C=O) groups is 1. The van der Waals surface area contributed by atoms with Crippen molar-refractivity contribution < 1.29 is 13.2 Å². The first-order valence-electron chi connectivity index (χ1n) is 7.52. The maximum atomic E-state index is 12.2. The predicted octanol–water partition coefficient (Wildman–Crippen LogP) is 3.30. The Morgan fingerprint density at radius 1 is 0.920 bits per heavy atom. The van der Waals surface area contributed by atoms with Crippen LogP contribution in [0.15, 0.2) is 83.9 Å². The number of anilines is 1. The number of hydrogen-bond acceptors (Lipinski definition) is 4. The molecule has 0 atom stereocenters. The monoisotopic (exact) mass is 352 g/mol. The lowest BCUT2D eigenvalue weighted by Gasteiger charge is -2.03. The van der Waals surface area contributed by atoms with Crippen LogP contribution in [-0.2, 0) is 10.0 Å². The van der Waals surface area contributed by atoms with Crippen molar-refractivity contribution >= 4 is 32.3 Å². The van der Waals surface area contributed by atoms with Crippen LogP contribution in [-0.4, -0.2) is 14.2 Å². The van der Waals surface area contributed by atoms with Gasteiger partial charge in [-0.2, -0.15) is 0 Å². The van der Waals surface area contributed by atoms with Crippen LogP contribution >= 0.6 is 0 Å². The maximum absolute atomic E-state index is 12.2. The fourth-order valence-corrected chi connectivity index (χ4v) is 2.91. The Labute approximate surface area is 145 Å². The van der Waals surface area contributed by atoms with Gasteiger partial charge in [-0.05, 0) is 41.1 Å². The molecule has 0 saturated heterocycles. The first-order valence-corrected chi connectivity index (χ1v) is 9.07. The molecular formula is C19H16N2O3S. The van der Waals surface area contributed by atoms with Crippen molar-refractivity contribution in [3.05, 3.63) is 84.6 Å². The van der Waals surface area contributed by atoms with E-state index in [-0.39, 0.29) is 10.7 Å². The van der Waals surface area contributed by atoms with Gasteiger partial charge in [-0.15, -0.1) is 0 Å². The van der Waals surface area contributed by atoms with Crippen molar-refractivity contribution in [2.45, 2.75) is 4.90 Å². The van der Waals surface area contributed by atoms with Gasteiger partial charge >= 0.3 is 0 Å². The molecule has 3 aromatic rings. The van der Waals surface area contributed by atoms with Crippen molar-refractivity contribution in [1.29, 1.82) is 0 Å². The summed E-state index contributed by atoms with van der Waals surface area (Å²) in [5, 5.41) is 10.1. The van der Waals surface area contributed by atoms with Gasteiger partial charge in [0.1, 0.15) is 0 Å². The number of hydrogen-bond donors (Lipinski definition) is 2. The number of sulfonamides is 1. The second-order valence-electron chi connectivity index (χ2n) is 5.47. The summed E-state index contributed by atoms with van der Waals surface area (Å²) >= 11 is 0. The molecule has 0 aliphatic carbocycles. The standard InChI is InChI=1S/C19H16N2O3S/c20-25(23,24)18-9-7-17(8-10-18)21-12-11-19(22)16-6-5-14-3-1-2-4-15(14)13-16/h1-13,21H,(H2,20,23,24)/b12-11+. The van der Waals surface area contributed by atoms with E-state index in [1.807, 2.05) is 36.4 Å². The molecular weight excluding hydrogens is 336 g/mol. The third-order valence-electron chi connectivity index (χ3n) is 3.70. The molecule has 0 unspecified atom stereocenters. The number of benzene rings is 3. The summed E-state index contributed by atoms with van der Waals surface area (Å²) in [6.07, 6.45) is 2.95. The van der Waals surface area contributed by atoms with E-state index in [2.05, 4.69) is 5.32 Å². The third kappa shape index (κ3) is 4.12. The normalized spacial score (nSPS) is 11.7. The summed E-state index contributed by atoms with van der Waals surface area (Å²) in [5.74, 6) is -0.126. The molecule has 3 N–H and O–H groups in total. The van der Waals surface area contributed by atoms with E-state index in [1.54, 1.807) is 18.2 Å². The Morgan fingerprint density at radius 2 is 1.60 bits per heavy atom. The number of nitrogens with one attached hydrogen (secondary N) is 1. The van der Waals surface area contributed by atoms with Gasteiger partial charge in [-0.1, -0.05) is 36.4 Å². The summed E-state index contributed by atoms with van der Waals surface area (Å²) in [7, 11) is -3.71. The minimum atomic E-state index is -3.71. The number of nitrogens with two attached hydrogens (primary N) is 1. The molecule has 0 saturated carbocycles. The van der Waals surface area contributed by atoms with Crippen LogP contribution in [0, 0.1) is 0 Å². The van der Waals surface area contributed by atoms with Gasteiger partial charge < -0.3 is 5.32 Å². The summed E-state index contributed by atoms with van der Waals surface area (Å²) in [6.45, 7) is 0. The van der Waals surface area contributed by atoms with E-state index >= 15 is 0 Å². The number of rotatable bonds is 5. The molecule has 0 aliphatic heterocycles. The van der Waals surface area contributed by atoms with E-state index in [4.69, 9.17) is 5.14 Å². The Morgan fingerprint density at radius 3 is 2.28 bits per heavy atom. The molecule has 25 heavy (non-hydrogen) atoms. The molecule has 0 aliphatic rings. The quantitative estimate of drug-likeness (QED) is 0.545. The minimum absolute atomic E-state index is 0.0364. The second-order valence-corrected chi connectivity index (χ2v) is 7.03. The first-order chi connectivity index (χ1) is 11.9. The topological polar surface area (TPSA) is 89.3 Å². The Kier molecular flexibility index (Phi) is 4.65. The zero-order valence-electron chi connectivity index (χ0n) is 13.2. The molecule has 0 spiro atoms. The number of ketones is 1.